The van der Waals surface area contributed by atoms with E-state index in [1.165, 1.54) is 0 Å². The maximum Gasteiger partial charge on any atom is 0.410 e. The number of hydrogen-bond donors (Lipinski definition) is 2. The zero-order valence-electron chi connectivity index (χ0n) is 13.5. The van der Waals surface area contributed by atoms with Crippen LogP contribution >= 0.6 is 0 Å². The Morgan fingerprint density at radius 3 is 2.68 bits per heavy atom. The van der Waals surface area contributed by atoms with Crippen molar-refractivity contribution in [1.82, 2.24) is 15.5 Å². The number of carbonyl (C=O) groups is 3. The first kappa shape index (κ1) is 16.7. The number of likely N-dealkylation sites (tertiary alicyclic amines) is 1. The fourth-order valence-corrected chi connectivity index (χ4v) is 2.74. The molecule has 0 spiro atoms. The lowest BCUT2D eigenvalue weighted by Gasteiger charge is -2.36. The van der Waals surface area contributed by atoms with Crippen LogP contribution < -0.4 is 10.6 Å². The summed E-state index contributed by atoms with van der Waals surface area (Å²) in [5.74, 6) is -0.493. The van der Waals surface area contributed by atoms with E-state index >= 15 is 0 Å². The van der Waals surface area contributed by atoms with Crippen LogP contribution in [0.1, 0.15) is 46.5 Å². The molecule has 0 aliphatic carbocycles. The largest absolute Gasteiger partial charge is 0.444 e. The molecule has 2 N–H and O–H groups in total. The monoisotopic (exact) mass is 311 g/mol. The van der Waals surface area contributed by atoms with Crippen molar-refractivity contribution in [3.63, 3.8) is 0 Å². The highest BCUT2D eigenvalue weighted by Gasteiger charge is 2.32. The van der Waals surface area contributed by atoms with Gasteiger partial charge >= 0.3 is 6.09 Å². The minimum atomic E-state index is -0.513. The standard InChI is InChI=1S/C15H25N3O4/c1-15(2,3)22-14(21)18-8-4-5-10(9-18)16-11-6-7-12(19)17-13(11)20/h10-11,16H,4-9H2,1-3H3,(H,17,19,20). The van der Waals surface area contributed by atoms with Crippen LogP contribution in [-0.2, 0) is 14.3 Å². The molecule has 124 valence electrons. The number of nitrogens with zero attached hydrogens (tertiary/aromatic N) is 1. The quantitative estimate of drug-likeness (QED) is 0.736. The van der Waals surface area contributed by atoms with Gasteiger partial charge in [0.1, 0.15) is 5.60 Å². The third-order valence-corrected chi connectivity index (χ3v) is 3.75. The second-order valence-corrected chi connectivity index (χ2v) is 6.94. The van der Waals surface area contributed by atoms with Gasteiger partial charge in [-0.1, -0.05) is 0 Å². The summed E-state index contributed by atoms with van der Waals surface area (Å²) in [5, 5.41) is 5.60. The maximum absolute atomic E-state index is 12.1. The Bertz CT molecular complexity index is 458. The van der Waals surface area contributed by atoms with Crippen molar-refractivity contribution in [2.75, 3.05) is 13.1 Å². The van der Waals surface area contributed by atoms with Gasteiger partial charge in [0.25, 0.3) is 0 Å². The van der Waals surface area contributed by atoms with Gasteiger partial charge in [0.05, 0.1) is 6.04 Å². The molecular formula is C15H25N3O4. The van der Waals surface area contributed by atoms with Crippen molar-refractivity contribution in [2.45, 2.75) is 64.1 Å². The van der Waals surface area contributed by atoms with Gasteiger partial charge in [-0.2, -0.15) is 0 Å². The Morgan fingerprint density at radius 2 is 2.05 bits per heavy atom. The van der Waals surface area contributed by atoms with Crippen molar-refractivity contribution in [1.29, 1.82) is 0 Å². The molecule has 0 aromatic heterocycles. The average Bonchev–Trinajstić information content (AvgIpc) is 2.40. The lowest BCUT2D eigenvalue weighted by Crippen LogP contribution is -2.57. The third-order valence-electron chi connectivity index (χ3n) is 3.75. The molecule has 0 bridgehead atoms. The molecule has 7 nitrogen and oxygen atoms in total. The molecule has 2 saturated heterocycles. The number of rotatable bonds is 2. The molecule has 7 heteroatoms. The summed E-state index contributed by atoms with van der Waals surface area (Å²) in [6, 6.07) is -0.313. The van der Waals surface area contributed by atoms with Crippen molar-refractivity contribution in [3.8, 4) is 0 Å². The van der Waals surface area contributed by atoms with Gasteiger partial charge in [-0.3, -0.25) is 14.9 Å². The Hall–Kier alpha value is -1.63. The molecule has 2 aliphatic rings. The van der Waals surface area contributed by atoms with Gasteiger partial charge in [0.2, 0.25) is 11.8 Å². The molecule has 2 fully saturated rings. The first-order valence-corrected chi connectivity index (χ1v) is 7.82. The molecule has 3 amide bonds. The summed E-state index contributed by atoms with van der Waals surface area (Å²) in [4.78, 5) is 36.7. The third kappa shape index (κ3) is 4.69. The average molecular weight is 311 g/mol. The summed E-state index contributed by atoms with van der Waals surface area (Å²) in [6.07, 6.45) is 2.31. The molecule has 0 radical (unpaired) electrons. The van der Waals surface area contributed by atoms with Crippen molar-refractivity contribution < 1.29 is 19.1 Å². The molecule has 22 heavy (non-hydrogen) atoms. The number of ether oxygens (including phenoxy) is 1. The van der Waals surface area contributed by atoms with Gasteiger partial charge in [-0.05, 0) is 40.0 Å². The summed E-state index contributed by atoms with van der Waals surface area (Å²) < 4.78 is 5.39. The van der Waals surface area contributed by atoms with E-state index in [0.29, 0.717) is 25.9 Å². The van der Waals surface area contributed by atoms with Crippen molar-refractivity contribution in [2.24, 2.45) is 0 Å². The number of carbonyl (C=O) groups excluding carboxylic acids is 3. The van der Waals surface area contributed by atoms with Crippen LogP contribution in [0.5, 0.6) is 0 Å². The highest BCUT2D eigenvalue weighted by Crippen LogP contribution is 2.16. The molecular weight excluding hydrogens is 286 g/mol. The number of hydrogen-bond acceptors (Lipinski definition) is 5. The Kier molecular flexibility index (Phi) is 5.05. The molecule has 2 unspecified atom stereocenters. The van der Waals surface area contributed by atoms with E-state index in [1.807, 2.05) is 20.8 Å². The van der Waals surface area contributed by atoms with E-state index in [1.54, 1.807) is 4.90 Å². The van der Waals surface area contributed by atoms with Crippen LogP contribution in [0.4, 0.5) is 4.79 Å². The second kappa shape index (κ2) is 6.64. The predicted molar refractivity (Wildman–Crippen MR) is 80.1 cm³/mol. The Labute approximate surface area is 130 Å². The van der Waals surface area contributed by atoms with Crippen LogP contribution in [0.3, 0.4) is 0 Å². The maximum atomic E-state index is 12.1. The van der Waals surface area contributed by atoms with Gasteiger partial charge in [0, 0.05) is 25.6 Å². The van der Waals surface area contributed by atoms with Crippen molar-refractivity contribution in [3.05, 3.63) is 0 Å². The Morgan fingerprint density at radius 1 is 1.32 bits per heavy atom. The zero-order valence-corrected chi connectivity index (χ0v) is 13.5. The Balaban J connectivity index is 1.87. The summed E-state index contributed by atoms with van der Waals surface area (Å²) >= 11 is 0. The van der Waals surface area contributed by atoms with E-state index in [-0.39, 0.29) is 30.0 Å². The summed E-state index contributed by atoms with van der Waals surface area (Å²) in [7, 11) is 0. The minimum Gasteiger partial charge on any atom is -0.444 e. The topological polar surface area (TPSA) is 87.7 Å². The predicted octanol–water partition coefficient (Wildman–Crippen LogP) is 0.781. The van der Waals surface area contributed by atoms with Gasteiger partial charge in [-0.25, -0.2) is 4.79 Å². The van der Waals surface area contributed by atoms with E-state index in [9.17, 15) is 14.4 Å². The van der Waals surface area contributed by atoms with Gasteiger partial charge in [0.15, 0.2) is 0 Å². The van der Waals surface area contributed by atoms with Gasteiger partial charge in [-0.15, -0.1) is 0 Å². The molecule has 0 saturated carbocycles. The highest BCUT2D eigenvalue weighted by molar-refractivity contribution is 6.00. The first-order valence-electron chi connectivity index (χ1n) is 7.82. The van der Waals surface area contributed by atoms with E-state index in [4.69, 9.17) is 4.74 Å². The van der Waals surface area contributed by atoms with Crippen LogP contribution in [-0.4, -0.2) is 53.6 Å². The van der Waals surface area contributed by atoms with E-state index < -0.39 is 5.60 Å². The smallest absolute Gasteiger partial charge is 0.410 e. The number of piperidine rings is 2. The van der Waals surface area contributed by atoms with Crippen molar-refractivity contribution >= 4 is 17.9 Å². The fraction of sp³-hybridized carbons (Fsp3) is 0.800. The van der Waals surface area contributed by atoms with E-state index in [0.717, 1.165) is 12.8 Å². The molecule has 2 rings (SSSR count). The van der Waals surface area contributed by atoms with Gasteiger partial charge < -0.3 is 15.0 Å². The van der Waals surface area contributed by atoms with Crippen LogP contribution in [0.25, 0.3) is 0 Å². The second-order valence-electron chi connectivity index (χ2n) is 6.94. The number of nitrogens with one attached hydrogen (secondary N) is 2. The zero-order chi connectivity index (χ0) is 16.3. The highest BCUT2D eigenvalue weighted by atomic mass is 16.6. The lowest BCUT2D eigenvalue weighted by atomic mass is 10.0. The summed E-state index contributed by atoms with van der Waals surface area (Å²) in [6.45, 7) is 6.71. The number of imide groups is 1. The van der Waals surface area contributed by atoms with Crippen LogP contribution in [0.2, 0.25) is 0 Å². The van der Waals surface area contributed by atoms with Crippen LogP contribution in [0, 0.1) is 0 Å². The molecule has 0 aromatic carbocycles. The number of amides is 3. The SMILES string of the molecule is CC(C)(C)OC(=O)N1CCCC(NC2CCC(=O)NC2=O)C1. The van der Waals surface area contributed by atoms with Crippen LogP contribution in [0.15, 0.2) is 0 Å². The fourth-order valence-electron chi connectivity index (χ4n) is 2.74. The lowest BCUT2D eigenvalue weighted by molar-refractivity contribution is -0.134. The molecule has 2 heterocycles. The minimum absolute atomic E-state index is 0.0465. The molecule has 0 aromatic rings. The molecule has 2 atom stereocenters. The normalized spacial score (nSPS) is 26.6. The first-order chi connectivity index (χ1) is 10.2. The molecule has 2 aliphatic heterocycles. The summed E-state index contributed by atoms with van der Waals surface area (Å²) in [5.41, 5.74) is -0.513. The van der Waals surface area contributed by atoms with E-state index in [2.05, 4.69) is 10.6 Å².